The minimum Gasteiger partial charge on any atom is -0.446 e. The number of nitrogens with one attached hydrogen (secondary N) is 2. The number of ether oxygens (including phenoxy) is 2. The van der Waals surface area contributed by atoms with Crippen LogP contribution in [0.15, 0.2) is 54.6 Å². The minimum atomic E-state index is -0.554. The van der Waals surface area contributed by atoms with E-state index in [-0.39, 0.29) is 18.1 Å². The van der Waals surface area contributed by atoms with E-state index in [1.807, 2.05) is 75.4 Å². The van der Waals surface area contributed by atoms with Gasteiger partial charge in [0.15, 0.2) is 0 Å². The largest absolute Gasteiger partial charge is 0.446 e. The van der Waals surface area contributed by atoms with Gasteiger partial charge >= 0.3 is 12.2 Å². The van der Waals surface area contributed by atoms with Gasteiger partial charge in [0, 0.05) is 31.7 Å². The van der Waals surface area contributed by atoms with E-state index in [1.54, 1.807) is 4.90 Å². The first-order valence-corrected chi connectivity index (χ1v) is 13.3. The first-order valence-electron chi connectivity index (χ1n) is 13.3. The van der Waals surface area contributed by atoms with E-state index in [0.29, 0.717) is 57.7 Å². The average Bonchev–Trinajstić information content (AvgIpc) is 3.33. The van der Waals surface area contributed by atoms with Gasteiger partial charge in [-0.05, 0) is 51.7 Å². The van der Waals surface area contributed by atoms with E-state index in [4.69, 9.17) is 9.47 Å². The zero-order valence-corrected chi connectivity index (χ0v) is 22.4. The summed E-state index contributed by atoms with van der Waals surface area (Å²) >= 11 is 0. The molecule has 4 rings (SSSR count). The molecule has 2 aromatic carbocycles. The lowest BCUT2D eigenvalue weighted by Gasteiger charge is -2.32. The Hall–Kier alpha value is -3.59. The molecule has 2 saturated heterocycles. The van der Waals surface area contributed by atoms with E-state index in [2.05, 4.69) is 15.5 Å². The maximum atomic E-state index is 12.8. The molecule has 0 aromatic heterocycles. The van der Waals surface area contributed by atoms with Crippen molar-refractivity contribution in [2.24, 2.45) is 0 Å². The monoisotopic (exact) mass is 522 g/mol. The van der Waals surface area contributed by atoms with Gasteiger partial charge in [0.25, 0.3) is 0 Å². The molecule has 204 valence electrons. The molecule has 2 aliphatic heterocycles. The number of carbonyl (C=O) groups excluding carboxylic acids is 3. The molecule has 1 unspecified atom stereocenters. The van der Waals surface area contributed by atoms with E-state index < -0.39 is 17.8 Å². The van der Waals surface area contributed by atoms with Gasteiger partial charge in [-0.2, -0.15) is 0 Å². The molecule has 38 heavy (non-hydrogen) atoms. The van der Waals surface area contributed by atoms with Crippen molar-refractivity contribution in [1.29, 1.82) is 0 Å². The third kappa shape index (κ3) is 7.95. The molecule has 2 fully saturated rings. The smallest absolute Gasteiger partial charge is 0.411 e. The minimum absolute atomic E-state index is 0.0492. The molecule has 2 aromatic rings. The van der Waals surface area contributed by atoms with Crippen LogP contribution < -0.4 is 10.6 Å². The number of hydrogen-bond acceptors (Lipinski definition) is 6. The molecule has 9 nitrogen and oxygen atoms in total. The Morgan fingerprint density at radius 2 is 1.58 bits per heavy atom. The van der Waals surface area contributed by atoms with Crippen LogP contribution in [0.25, 0.3) is 11.1 Å². The Morgan fingerprint density at radius 1 is 0.895 bits per heavy atom. The summed E-state index contributed by atoms with van der Waals surface area (Å²) in [5, 5.41) is 5.75. The van der Waals surface area contributed by atoms with Crippen LogP contribution in [0.3, 0.4) is 0 Å². The van der Waals surface area contributed by atoms with E-state index in [0.717, 1.165) is 11.1 Å². The maximum Gasteiger partial charge on any atom is 0.411 e. The molecular formula is C29H38N4O5. The summed E-state index contributed by atoms with van der Waals surface area (Å²) in [7, 11) is 0. The number of alkyl carbamates (subject to hydrolysis) is 1. The van der Waals surface area contributed by atoms with Gasteiger partial charge in [-0.25, -0.2) is 9.59 Å². The Balaban J connectivity index is 1.18. The number of hydrogen-bond donors (Lipinski definition) is 2. The predicted octanol–water partition coefficient (Wildman–Crippen LogP) is 4.49. The highest BCUT2D eigenvalue weighted by Gasteiger charge is 2.31. The van der Waals surface area contributed by atoms with Crippen molar-refractivity contribution in [3.63, 3.8) is 0 Å². The number of rotatable bonds is 6. The van der Waals surface area contributed by atoms with Gasteiger partial charge < -0.3 is 19.7 Å². The third-order valence-corrected chi connectivity index (χ3v) is 6.68. The van der Waals surface area contributed by atoms with Crippen molar-refractivity contribution in [2.45, 2.75) is 57.8 Å². The van der Waals surface area contributed by atoms with Crippen LogP contribution in [0.2, 0.25) is 0 Å². The zero-order valence-electron chi connectivity index (χ0n) is 22.4. The molecule has 0 spiro atoms. The molecule has 1 atom stereocenters. The molecule has 0 radical (unpaired) electrons. The van der Waals surface area contributed by atoms with Gasteiger partial charge in [-0.3, -0.25) is 15.0 Å². The normalized spacial score (nSPS) is 18.6. The van der Waals surface area contributed by atoms with E-state index in [1.165, 1.54) is 0 Å². The Bertz CT molecular complexity index is 1110. The Labute approximate surface area is 224 Å². The molecule has 0 bridgehead atoms. The fraction of sp³-hybridized carbons (Fsp3) is 0.483. The van der Waals surface area contributed by atoms with Gasteiger partial charge in [-0.1, -0.05) is 48.5 Å². The maximum absolute atomic E-state index is 12.8. The van der Waals surface area contributed by atoms with Crippen LogP contribution in [-0.4, -0.2) is 78.4 Å². The summed E-state index contributed by atoms with van der Waals surface area (Å²) in [6, 6.07) is 17.4. The number of likely N-dealkylation sites (tertiary alicyclic amines) is 2. The second-order valence-corrected chi connectivity index (χ2v) is 10.9. The summed E-state index contributed by atoms with van der Waals surface area (Å²) in [5.74, 6) is 0.0492. The highest BCUT2D eigenvalue weighted by Crippen LogP contribution is 2.28. The highest BCUT2D eigenvalue weighted by molar-refractivity contribution is 5.91. The van der Waals surface area contributed by atoms with Gasteiger partial charge in [0.2, 0.25) is 5.91 Å². The molecule has 0 aliphatic carbocycles. The van der Waals surface area contributed by atoms with Crippen molar-refractivity contribution < 1.29 is 23.9 Å². The van der Waals surface area contributed by atoms with Crippen LogP contribution in [0.1, 0.15) is 40.0 Å². The van der Waals surface area contributed by atoms with Gasteiger partial charge in [-0.15, -0.1) is 0 Å². The molecule has 2 N–H and O–H groups in total. The number of nitrogens with zero attached hydrogens (tertiary/aromatic N) is 2. The van der Waals surface area contributed by atoms with Crippen LogP contribution >= 0.6 is 0 Å². The first kappa shape index (κ1) is 27.4. The lowest BCUT2D eigenvalue weighted by Crippen LogP contribution is -2.46. The van der Waals surface area contributed by atoms with Crippen LogP contribution in [0.4, 0.5) is 15.3 Å². The van der Waals surface area contributed by atoms with Gasteiger partial charge in [0.1, 0.15) is 11.7 Å². The molecule has 2 heterocycles. The van der Waals surface area contributed by atoms with E-state index in [9.17, 15) is 14.4 Å². The molecular weight excluding hydrogens is 484 g/mol. The first-order chi connectivity index (χ1) is 18.2. The van der Waals surface area contributed by atoms with Crippen molar-refractivity contribution >= 4 is 23.8 Å². The summed E-state index contributed by atoms with van der Waals surface area (Å²) in [5.41, 5.74) is 2.11. The van der Waals surface area contributed by atoms with Crippen LogP contribution in [0.5, 0.6) is 0 Å². The van der Waals surface area contributed by atoms with Crippen molar-refractivity contribution in [2.75, 3.05) is 38.0 Å². The fourth-order valence-electron chi connectivity index (χ4n) is 4.81. The standard InChI is InChI=1S/C29H38N4O5/c1-29(2,3)38-28(36)30-22-13-18-33(19-22)26(34)20-32-16-14-23(15-17-32)37-27(35)31-25-12-8-7-11-24(25)21-9-5-4-6-10-21/h4-12,22-23H,13-20H2,1-3H3,(H,30,36)(H,31,35). The molecule has 2 aliphatic rings. The number of para-hydroxylation sites is 1. The number of anilines is 1. The highest BCUT2D eigenvalue weighted by atomic mass is 16.6. The summed E-state index contributed by atoms with van der Waals surface area (Å²) < 4.78 is 11.0. The quantitative estimate of drug-likeness (QED) is 0.580. The topological polar surface area (TPSA) is 100 Å². The number of benzene rings is 2. The number of carbonyl (C=O) groups is 3. The molecule has 9 heteroatoms. The number of piperidine rings is 1. The third-order valence-electron chi connectivity index (χ3n) is 6.68. The van der Waals surface area contributed by atoms with E-state index >= 15 is 0 Å². The summed E-state index contributed by atoms with van der Waals surface area (Å²) in [6.07, 6.45) is 0.936. The average molecular weight is 523 g/mol. The molecule has 0 saturated carbocycles. The lowest BCUT2D eigenvalue weighted by atomic mass is 10.0. The fourth-order valence-corrected chi connectivity index (χ4v) is 4.81. The zero-order chi connectivity index (χ0) is 27.1. The summed E-state index contributed by atoms with van der Waals surface area (Å²) in [6.45, 7) is 8.25. The van der Waals surface area contributed by atoms with Crippen LogP contribution in [-0.2, 0) is 14.3 Å². The predicted molar refractivity (Wildman–Crippen MR) is 146 cm³/mol. The van der Waals surface area contributed by atoms with Crippen LogP contribution in [0, 0.1) is 0 Å². The Kier molecular flexibility index (Phi) is 8.89. The second kappa shape index (κ2) is 12.3. The van der Waals surface area contributed by atoms with Crippen molar-refractivity contribution in [1.82, 2.24) is 15.1 Å². The van der Waals surface area contributed by atoms with Crippen molar-refractivity contribution in [3.8, 4) is 11.1 Å². The summed E-state index contributed by atoms with van der Waals surface area (Å²) in [4.78, 5) is 41.4. The van der Waals surface area contributed by atoms with Gasteiger partial charge in [0.05, 0.1) is 18.3 Å². The van der Waals surface area contributed by atoms with Crippen molar-refractivity contribution in [3.05, 3.63) is 54.6 Å². The Morgan fingerprint density at radius 3 is 2.29 bits per heavy atom. The SMILES string of the molecule is CC(C)(C)OC(=O)NC1CCN(C(=O)CN2CCC(OC(=O)Nc3ccccc3-c3ccccc3)CC2)C1. The molecule has 3 amide bonds. The lowest BCUT2D eigenvalue weighted by molar-refractivity contribution is -0.132. The second-order valence-electron chi connectivity index (χ2n) is 10.9. The number of amides is 3.